The largest absolute Gasteiger partial charge is 0.369 e. The smallest absolute Gasteiger partial charge is 0.200 e. The summed E-state index contributed by atoms with van der Waals surface area (Å²) in [6.45, 7) is 3.14. The fourth-order valence-electron chi connectivity index (χ4n) is 2.35. The first-order chi connectivity index (χ1) is 6.77. The van der Waals surface area contributed by atoms with Gasteiger partial charge in [0.15, 0.2) is 5.95 Å². The number of anilines is 1. The summed E-state index contributed by atoms with van der Waals surface area (Å²) in [5.41, 5.74) is 7.00. The molecule has 0 bridgehead atoms. The van der Waals surface area contributed by atoms with Crippen LogP contribution < -0.4 is 5.73 Å². The molecule has 0 amide bonds. The number of nitrogen functional groups attached to an aromatic ring is 1. The predicted molar refractivity (Wildman–Crippen MR) is 58.0 cm³/mol. The molecule has 3 nitrogen and oxygen atoms in total. The van der Waals surface area contributed by atoms with E-state index in [0.29, 0.717) is 5.95 Å². The third-order valence-electron chi connectivity index (χ3n) is 3.25. The second kappa shape index (κ2) is 4.03. The minimum atomic E-state index is 0.674. The van der Waals surface area contributed by atoms with Gasteiger partial charge in [0.25, 0.3) is 0 Å². The Morgan fingerprint density at radius 3 is 2.71 bits per heavy atom. The number of hydrogen-bond donors (Lipinski definition) is 1. The fourth-order valence-corrected chi connectivity index (χ4v) is 2.35. The van der Waals surface area contributed by atoms with Gasteiger partial charge in [0, 0.05) is 12.2 Å². The lowest BCUT2D eigenvalue weighted by atomic mass is 9.89. The zero-order chi connectivity index (χ0) is 9.97. The second-order valence-electron chi connectivity index (χ2n) is 4.37. The molecular weight excluding hydrogens is 174 g/mol. The van der Waals surface area contributed by atoms with Crippen LogP contribution in [-0.2, 0) is 6.54 Å². The highest BCUT2D eigenvalue weighted by Crippen LogP contribution is 2.26. The van der Waals surface area contributed by atoms with Crippen molar-refractivity contribution >= 4 is 5.95 Å². The van der Waals surface area contributed by atoms with Crippen LogP contribution in [0.4, 0.5) is 5.95 Å². The lowest BCUT2D eigenvalue weighted by Gasteiger charge is -2.22. The maximum Gasteiger partial charge on any atom is 0.200 e. The van der Waals surface area contributed by atoms with Crippen LogP contribution in [0.25, 0.3) is 0 Å². The third kappa shape index (κ3) is 1.91. The number of nitrogens with two attached hydrogens (primary N) is 1. The van der Waals surface area contributed by atoms with E-state index in [4.69, 9.17) is 5.73 Å². The summed E-state index contributed by atoms with van der Waals surface area (Å²) >= 11 is 0. The van der Waals surface area contributed by atoms with Crippen molar-refractivity contribution in [2.75, 3.05) is 5.73 Å². The molecule has 14 heavy (non-hydrogen) atoms. The van der Waals surface area contributed by atoms with E-state index < -0.39 is 0 Å². The lowest BCUT2D eigenvalue weighted by Crippen LogP contribution is -2.16. The van der Waals surface area contributed by atoms with Gasteiger partial charge in [-0.1, -0.05) is 19.3 Å². The van der Waals surface area contributed by atoms with E-state index in [-0.39, 0.29) is 0 Å². The number of nitrogens with zero attached hydrogens (tertiary/aromatic N) is 2. The first kappa shape index (κ1) is 9.56. The zero-order valence-corrected chi connectivity index (χ0v) is 8.87. The Kier molecular flexibility index (Phi) is 2.75. The van der Waals surface area contributed by atoms with Crippen LogP contribution >= 0.6 is 0 Å². The first-order valence-corrected chi connectivity index (χ1v) is 5.55. The number of hydrogen-bond acceptors (Lipinski definition) is 2. The van der Waals surface area contributed by atoms with Crippen molar-refractivity contribution in [1.29, 1.82) is 0 Å². The van der Waals surface area contributed by atoms with Crippen molar-refractivity contribution in [3.63, 3.8) is 0 Å². The summed E-state index contributed by atoms with van der Waals surface area (Å²) in [5, 5.41) is 0. The number of rotatable bonds is 2. The number of aryl methyl sites for hydroxylation is 1. The van der Waals surface area contributed by atoms with E-state index in [1.54, 1.807) is 0 Å². The molecule has 2 N–H and O–H groups in total. The lowest BCUT2D eigenvalue weighted by molar-refractivity contribution is 0.319. The van der Waals surface area contributed by atoms with E-state index in [9.17, 15) is 0 Å². The summed E-state index contributed by atoms with van der Waals surface area (Å²) in [5.74, 6) is 1.49. The molecule has 0 aromatic carbocycles. The van der Waals surface area contributed by atoms with Crippen molar-refractivity contribution < 1.29 is 0 Å². The summed E-state index contributed by atoms with van der Waals surface area (Å²) in [7, 11) is 0. The van der Waals surface area contributed by atoms with Gasteiger partial charge in [-0.2, -0.15) is 0 Å². The third-order valence-corrected chi connectivity index (χ3v) is 3.25. The highest BCUT2D eigenvalue weighted by Gasteiger charge is 2.15. The molecule has 0 spiro atoms. The van der Waals surface area contributed by atoms with Crippen LogP contribution in [0.1, 0.15) is 37.8 Å². The van der Waals surface area contributed by atoms with E-state index >= 15 is 0 Å². The van der Waals surface area contributed by atoms with Crippen LogP contribution in [0.15, 0.2) is 6.20 Å². The van der Waals surface area contributed by atoms with E-state index in [2.05, 4.69) is 16.5 Å². The zero-order valence-electron chi connectivity index (χ0n) is 8.87. The molecule has 0 aliphatic heterocycles. The van der Waals surface area contributed by atoms with E-state index in [1.165, 1.54) is 37.8 Å². The minimum Gasteiger partial charge on any atom is -0.369 e. The summed E-state index contributed by atoms with van der Waals surface area (Å²) in [4.78, 5) is 4.12. The Morgan fingerprint density at radius 1 is 1.43 bits per heavy atom. The molecule has 0 saturated heterocycles. The normalized spacial score (nSPS) is 18.6. The maximum absolute atomic E-state index is 5.81. The fraction of sp³-hybridized carbons (Fsp3) is 0.727. The number of imidazole rings is 1. The Balaban J connectivity index is 2.02. The van der Waals surface area contributed by atoms with E-state index in [1.807, 2.05) is 6.20 Å². The Hall–Kier alpha value is -0.990. The minimum absolute atomic E-state index is 0.674. The van der Waals surface area contributed by atoms with Crippen molar-refractivity contribution in [2.45, 2.75) is 45.6 Å². The van der Waals surface area contributed by atoms with Crippen molar-refractivity contribution in [1.82, 2.24) is 9.55 Å². The molecule has 2 rings (SSSR count). The summed E-state index contributed by atoms with van der Waals surface area (Å²) in [6, 6.07) is 0. The molecule has 0 unspecified atom stereocenters. The average molecular weight is 193 g/mol. The van der Waals surface area contributed by atoms with Crippen molar-refractivity contribution in [3.8, 4) is 0 Å². The molecule has 0 radical (unpaired) electrons. The summed E-state index contributed by atoms with van der Waals surface area (Å²) < 4.78 is 2.15. The topological polar surface area (TPSA) is 43.8 Å². The molecule has 3 heteroatoms. The maximum atomic E-state index is 5.81. The van der Waals surface area contributed by atoms with Gasteiger partial charge in [0.2, 0.25) is 0 Å². The monoisotopic (exact) mass is 193 g/mol. The number of aromatic nitrogens is 2. The SMILES string of the molecule is Cc1cnc(N)n1CC1CCCCC1. The average Bonchev–Trinajstić information content (AvgIpc) is 2.51. The van der Waals surface area contributed by atoms with Gasteiger partial charge in [-0.05, 0) is 25.7 Å². The molecule has 1 aliphatic rings. The standard InChI is InChI=1S/C11H19N3/c1-9-7-13-11(12)14(9)8-10-5-3-2-4-6-10/h7,10H,2-6,8H2,1H3,(H2,12,13). The van der Waals surface area contributed by atoms with Crippen LogP contribution in [0.5, 0.6) is 0 Å². The Morgan fingerprint density at radius 2 is 2.14 bits per heavy atom. The predicted octanol–water partition coefficient (Wildman–Crippen LogP) is 2.35. The highest BCUT2D eigenvalue weighted by molar-refractivity contribution is 5.21. The van der Waals surface area contributed by atoms with Crippen LogP contribution in [0.2, 0.25) is 0 Å². The van der Waals surface area contributed by atoms with Gasteiger partial charge in [-0.3, -0.25) is 0 Å². The van der Waals surface area contributed by atoms with Crippen molar-refractivity contribution in [3.05, 3.63) is 11.9 Å². The molecule has 1 aliphatic carbocycles. The van der Waals surface area contributed by atoms with Crippen LogP contribution in [-0.4, -0.2) is 9.55 Å². The van der Waals surface area contributed by atoms with Crippen molar-refractivity contribution in [2.24, 2.45) is 5.92 Å². The van der Waals surface area contributed by atoms with Gasteiger partial charge in [0.1, 0.15) is 0 Å². The molecule has 1 saturated carbocycles. The second-order valence-corrected chi connectivity index (χ2v) is 4.37. The molecule has 78 valence electrons. The Bertz CT molecular complexity index is 278. The first-order valence-electron chi connectivity index (χ1n) is 5.55. The molecular formula is C11H19N3. The Labute approximate surface area is 85.3 Å². The van der Waals surface area contributed by atoms with Gasteiger partial charge in [0.05, 0.1) is 6.20 Å². The highest BCUT2D eigenvalue weighted by atomic mass is 15.1. The van der Waals surface area contributed by atoms with E-state index in [0.717, 1.165) is 12.5 Å². The van der Waals surface area contributed by atoms with Crippen LogP contribution in [0, 0.1) is 12.8 Å². The molecule has 1 aromatic heterocycles. The quantitative estimate of drug-likeness (QED) is 0.783. The van der Waals surface area contributed by atoms with Crippen LogP contribution in [0.3, 0.4) is 0 Å². The van der Waals surface area contributed by atoms with Gasteiger partial charge < -0.3 is 10.3 Å². The molecule has 0 atom stereocenters. The summed E-state index contributed by atoms with van der Waals surface area (Å²) in [6.07, 6.45) is 8.76. The van der Waals surface area contributed by atoms with Gasteiger partial charge in [-0.15, -0.1) is 0 Å². The molecule has 1 heterocycles. The van der Waals surface area contributed by atoms with Gasteiger partial charge in [-0.25, -0.2) is 4.98 Å². The molecule has 1 aromatic rings. The molecule has 1 fully saturated rings. The van der Waals surface area contributed by atoms with Gasteiger partial charge >= 0.3 is 0 Å².